The maximum Gasteiger partial charge on any atom is 0.150 e. The minimum Gasteiger partial charge on any atom is -0.490 e. The molecule has 0 aromatic heterocycles. The van der Waals surface area contributed by atoms with Crippen molar-refractivity contribution in [2.75, 3.05) is 6.26 Å². The first-order valence-electron chi connectivity index (χ1n) is 7.18. The van der Waals surface area contributed by atoms with Crippen LogP contribution in [0, 0.1) is 0 Å². The zero-order chi connectivity index (χ0) is 15.6. The van der Waals surface area contributed by atoms with Crippen molar-refractivity contribution in [3.63, 3.8) is 0 Å². The first-order chi connectivity index (χ1) is 9.77. The first-order valence-corrected chi connectivity index (χ1v) is 9.51. The molecule has 2 N–H and O–H groups in total. The third kappa shape index (κ3) is 4.34. The maximum atomic E-state index is 11.7. The number of hydrogen-bond acceptors (Lipinski definition) is 4. The number of sulfone groups is 1. The molecular weight excluding hydrogens is 310 g/mol. The molecule has 0 aliphatic heterocycles. The molecule has 1 aromatic rings. The topological polar surface area (TPSA) is 69.4 Å². The summed E-state index contributed by atoms with van der Waals surface area (Å²) in [6.45, 7) is 1.87. The summed E-state index contributed by atoms with van der Waals surface area (Å²) in [5.74, 6) is 0.702. The van der Waals surface area contributed by atoms with Crippen molar-refractivity contribution in [2.45, 2.75) is 50.0 Å². The molecule has 1 aromatic carbocycles. The van der Waals surface area contributed by atoms with Gasteiger partial charge in [-0.15, -0.1) is 0 Å². The Hall–Kier alpha value is -0.780. The highest BCUT2D eigenvalue weighted by molar-refractivity contribution is 7.91. The highest BCUT2D eigenvalue weighted by Crippen LogP contribution is 2.32. The fraction of sp³-hybridized carbons (Fsp3) is 0.600. The lowest BCUT2D eigenvalue weighted by atomic mass is 9.97. The molecule has 3 unspecified atom stereocenters. The fourth-order valence-corrected chi connectivity index (χ4v) is 4.10. The molecule has 1 aliphatic carbocycles. The van der Waals surface area contributed by atoms with E-state index in [1.165, 1.54) is 6.26 Å². The molecule has 21 heavy (non-hydrogen) atoms. The number of nitrogens with two attached hydrogens (primary N) is 1. The molecule has 0 amide bonds. The second-order valence-corrected chi connectivity index (χ2v) is 8.59. The van der Waals surface area contributed by atoms with Crippen LogP contribution in [0.4, 0.5) is 0 Å². The second kappa shape index (κ2) is 6.55. The molecule has 4 nitrogen and oxygen atoms in total. The van der Waals surface area contributed by atoms with E-state index >= 15 is 0 Å². The monoisotopic (exact) mass is 331 g/mol. The Morgan fingerprint density at radius 2 is 2.10 bits per heavy atom. The third-order valence-corrected chi connectivity index (χ3v) is 5.81. The van der Waals surface area contributed by atoms with Gasteiger partial charge in [0, 0.05) is 29.3 Å². The highest BCUT2D eigenvalue weighted by atomic mass is 35.5. The van der Waals surface area contributed by atoms with Gasteiger partial charge in [0.15, 0.2) is 0 Å². The van der Waals surface area contributed by atoms with Crippen LogP contribution in [-0.2, 0) is 9.84 Å². The largest absolute Gasteiger partial charge is 0.490 e. The molecule has 0 heterocycles. The lowest BCUT2D eigenvalue weighted by Crippen LogP contribution is -2.33. The maximum absolute atomic E-state index is 11.7. The Balaban J connectivity index is 2.15. The molecule has 0 spiro atoms. The van der Waals surface area contributed by atoms with E-state index in [1.807, 2.05) is 13.0 Å². The van der Waals surface area contributed by atoms with Gasteiger partial charge in [-0.25, -0.2) is 8.42 Å². The zero-order valence-electron chi connectivity index (χ0n) is 12.4. The summed E-state index contributed by atoms with van der Waals surface area (Å²) in [5.41, 5.74) is 6.80. The van der Waals surface area contributed by atoms with Crippen molar-refractivity contribution in [2.24, 2.45) is 5.73 Å². The van der Waals surface area contributed by atoms with Crippen LogP contribution >= 0.6 is 11.6 Å². The summed E-state index contributed by atoms with van der Waals surface area (Å²) in [5, 5.41) is 0.314. The SMILES string of the molecule is CC(N)c1cc(Cl)ccc1OC1CCCC(S(C)(=O)=O)C1. The van der Waals surface area contributed by atoms with Gasteiger partial charge in [0.25, 0.3) is 0 Å². The van der Waals surface area contributed by atoms with Gasteiger partial charge in [0.1, 0.15) is 15.6 Å². The highest BCUT2D eigenvalue weighted by Gasteiger charge is 2.30. The van der Waals surface area contributed by atoms with Gasteiger partial charge in [-0.2, -0.15) is 0 Å². The molecule has 1 fully saturated rings. The molecule has 1 aliphatic rings. The molecule has 6 heteroatoms. The fourth-order valence-electron chi connectivity index (χ4n) is 2.76. The molecule has 0 saturated heterocycles. The average molecular weight is 332 g/mol. The summed E-state index contributed by atoms with van der Waals surface area (Å²) >= 11 is 6.00. The van der Waals surface area contributed by atoms with Gasteiger partial charge >= 0.3 is 0 Å². The molecule has 0 radical (unpaired) electrons. The molecule has 0 bridgehead atoms. The predicted molar refractivity (Wildman–Crippen MR) is 85.6 cm³/mol. The van der Waals surface area contributed by atoms with E-state index in [2.05, 4.69) is 0 Å². The minimum atomic E-state index is -3.01. The standard InChI is InChI=1S/C15H22ClNO3S/c1-10(17)14-8-11(16)6-7-15(14)20-12-4-3-5-13(9-12)21(2,18)19/h6-8,10,12-13H,3-5,9,17H2,1-2H3. The smallest absolute Gasteiger partial charge is 0.150 e. The lowest BCUT2D eigenvalue weighted by Gasteiger charge is -2.29. The molecule has 118 valence electrons. The van der Waals surface area contributed by atoms with Gasteiger partial charge in [0.2, 0.25) is 0 Å². The van der Waals surface area contributed by atoms with Crippen molar-refractivity contribution in [3.05, 3.63) is 28.8 Å². The van der Waals surface area contributed by atoms with Crippen LogP contribution < -0.4 is 10.5 Å². The molecular formula is C15H22ClNO3S. The number of rotatable bonds is 4. The predicted octanol–water partition coefficient (Wildman–Crippen LogP) is 3.09. The van der Waals surface area contributed by atoms with Gasteiger partial charge in [0.05, 0.1) is 11.4 Å². The Morgan fingerprint density at radius 3 is 2.71 bits per heavy atom. The van der Waals surface area contributed by atoms with Gasteiger partial charge in [-0.1, -0.05) is 11.6 Å². The Kier molecular flexibility index (Phi) is 5.17. The van der Waals surface area contributed by atoms with Crippen molar-refractivity contribution in [3.8, 4) is 5.75 Å². The van der Waals surface area contributed by atoms with E-state index in [0.29, 0.717) is 17.2 Å². The van der Waals surface area contributed by atoms with Crippen LogP contribution in [0.1, 0.15) is 44.2 Å². The molecule has 1 saturated carbocycles. The Labute approximate surface area is 131 Å². The number of ether oxygens (including phenoxy) is 1. The Bertz CT molecular complexity index is 601. The van der Waals surface area contributed by atoms with Crippen LogP contribution in [0.15, 0.2) is 18.2 Å². The van der Waals surface area contributed by atoms with E-state index in [9.17, 15) is 8.42 Å². The second-order valence-electron chi connectivity index (χ2n) is 5.83. The number of halogens is 1. The quantitative estimate of drug-likeness (QED) is 0.920. The summed E-state index contributed by atoms with van der Waals surface area (Å²) in [7, 11) is -3.01. The van der Waals surface area contributed by atoms with Crippen LogP contribution in [-0.4, -0.2) is 26.0 Å². The molecule has 3 atom stereocenters. The van der Waals surface area contributed by atoms with Crippen molar-refractivity contribution >= 4 is 21.4 Å². The van der Waals surface area contributed by atoms with Crippen molar-refractivity contribution < 1.29 is 13.2 Å². The average Bonchev–Trinajstić information content (AvgIpc) is 2.40. The van der Waals surface area contributed by atoms with E-state index in [1.54, 1.807) is 12.1 Å². The summed E-state index contributed by atoms with van der Waals surface area (Å²) in [6.07, 6.45) is 4.21. The summed E-state index contributed by atoms with van der Waals surface area (Å²) in [4.78, 5) is 0. The van der Waals surface area contributed by atoms with Crippen LogP contribution in [0.5, 0.6) is 5.75 Å². The van der Waals surface area contributed by atoms with E-state index in [-0.39, 0.29) is 17.4 Å². The Morgan fingerprint density at radius 1 is 1.38 bits per heavy atom. The zero-order valence-corrected chi connectivity index (χ0v) is 14.0. The third-order valence-electron chi connectivity index (χ3n) is 3.94. The van der Waals surface area contributed by atoms with E-state index in [4.69, 9.17) is 22.1 Å². The van der Waals surface area contributed by atoms with Crippen LogP contribution in [0.3, 0.4) is 0 Å². The van der Waals surface area contributed by atoms with Gasteiger partial charge < -0.3 is 10.5 Å². The molecule has 2 rings (SSSR count). The van der Waals surface area contributed by atoms with E-state index in [0.717, 1.165) is 24.8 Å². The van der Waals surface area contributed by atoms with Crippen molar-refractivity contribution in [1.29, 1.82) is 0 Å². The van der Waals surface area contributed by atoms with Crippen molar-refractivity contribution in [1.82, 2.24) is 0 Å². The van der Waals surface area contributed by atoms with E-state index < -0.39 is 9.84 Å². The first kappa shape index (κ1) is 16.6. The summed E-state index contributed by atoms with van der Waals surface area (Å²) < 4.78 is 29.4. The number of hydrogen-bond donors (Lipinski definition) is 1. The van der Waals surface area contributed by atoms with Gasteiger partial charge in [-0.3, -0.25) is 0 Å². The van der Waals surface area contributed by atoms with Crippen LogP contribution in [0.25, 0.3) is 0 Å². The van der Waals surface area contributed by atoms with Gasteiger partial charge in [-0.05, 0) is 44.4 Å². The summed E-state index contributed by atoms with van der Waals surface area (Å²) in [6, 6.07) is 5.19. The minimum absolute atomic E-state index is 0.0860. The van der Waals surface area contributed by atoms with Crippen LogP contribution in [0.2, 0.25) is 5.02 Å². The number of benzene rings is 1. The lowest BCUT2D eigenvalue weighted by molar-refractivity contribution is 0.154. The normalized spacial score (nSPS) is 24.6.